The van der Waals surface area contributed by atoms with E-state index in [9.17, 15) is 18.4 Å². The van der Waals surface area contributed by atoms with E-state index in [-0.39, 0.29) is 0 Å². The maximum absolute atomic E-state index is 12.0. The first-order chi connectivity index (χ1) is 9.46. The Kier molecular flexibility index (Phi) is 3.42. The Morgan fingerprint density at radius 1 is 1.05 bits per heavy atom. The molecule has 0 radical (unpaired) electrons. The van der Waals surface area contributed by atoms with Crippen molar-refractivity contribution in [2.45, 2.75) is 50.6 Å². The molecule has 4 fully saturated rings. The molecule has 0 aromatic rings. The fraction of sp³-hybridized carbons (Fsp3) is 0.857. The van der Waals surface area contributed by atoms with Crippen molar-refractivity contribution in [3.8, 4) is 0 Å². The van der Waals surface area contributed by atoms with E-state index in [0.29, 0.717) is 17.8 Å². The van der Waals surface area contributed by atoms with Crippen molar-refractivity contribution in [3.05, 3.63) is 0 Å². The van der Waals surface area contributed by atoms with Crippen molar-refractivity contribution in [3.63, 3.8) is 0 Å². The van der Waals surface area contributed by atoms with Crippen LogP contribution < -0.4 is 0 Å². The topological polar surface area (TPSA) is 52.6 Å². The Morgan fingerprint density at radius 3 is 2.00 bits per heavy atom. The molecule has 112 valence electrons. The highest BCUT2D eigenvalue weighted by atomic mass is 19.3. The Morgan fingerprint density at radius 2 is 1.55 bits per heavy atom. The van der Waals surface area contributed by atoms with E-state index in [1.807, 2.05) is 0 Å². The Balaban J connectivity index is 1.55. The van der Waals surface area contributed by atoms with E-state index in [4.69, 9.17) is 4.74 Å². The maximum Gasteiger partial charge on any atom is 0.374 e. The summed E-state index contributed by atoms with van der Waals surface area (Å²) in [7, 11) is 0. The summed E-state index contributed by atoms with van der Waals surface area (Å²) in [6.07, 6.45) is 3.06. The largest absolute Gasteiger partial charge is 0.457 e. The van der Waals surface area contributed by atoms with Gasteiger partial charge in [-0.15, -0.1) is 0 Å². The van der Waals surface area contributed by atoms with Gasteiger partial charge < -0.3 is 9.47 Å². The van der Waals surface area contributed by atoms with Crippen molar-refractivity contribution >= 4 is 11.9 Å². The first kappa shape index (κ1) is 13.8. The fourth-order valence-electron chi connectivity index (χ4n) is 4.62. The number of esters is 2. The average molecular weight is 288 g/mol. The van der Waals surface area contributed by atoms with Gasteiger partial charge in [-0.3, -0.25) is 0 Å². The van der Waals surface area contributed by atoms with Gasteiger partial charge in [-0.1, -0.05) is 0 Å². The molecule has 0 aromatic carbocycles. The van der Waals surface area contributed by atoms with Gasteiger partial charge >= 0.3 is 18.4 Å². The molecule has 0 saturated heterocycles. The van der Waals surface area contributed by atoms with E-state index in [0.717, 1.165) is 19.3 Å². The number of alkyl halides is 2. The second-order valence-electron chi connectivity index (χ2n) is 6.48. The first-order valence-corrected chi connectivity index (χ1v) is 7.12. The SMILES string of the molecule is O=C(COC(=O)C(F)F)OC12CC3CC(CC(C3)C1)C2. The summed E-state index contributed by atoms with van der Waals surface area (Å²) in [5, 5.41) is 0. The van der Waals surface area contributed by atoms with Crippen LogP contribution in [-0.2, 0) is 19.1 Å². The number of halogens is 2. The third-order valence-electron chi connectivity index (χ3n) is 4.82. The second kappa shape index (κ2) is 4.97. The predicted octanol–water partition coefficient (Wildman–Crippen LogP) is 2.31. The second-order valence-corrected chi connectivity index (χ2v) is 6.48. The summed E-state index contributed by atoms with van der Waals surface area (Å²) in [4.78, 5) is 22.3. The zero-order valence-corrected chi connectivity index (χ0v) is 11.1. The molecule has 4 saturated carbocycles. The molecule has 0 N–H and O–H groups in total. The van der Waals surface area contributed by atoms with Crippen LogP contribution in [0.1, 0.15) is 38.5 Å². The van der Waals surface area contributed by atoms with Gasteiger partial charge in [0.15, 0.2) is 6.61 Å². The Bertz CT molecular complexity index is 386. The van der Waals surface area contributed by atoms with Crippen LogP contribution in [0, 0.1) is 17.8 Å². The molecular weight excluding hydrogens is 270 g/mol. The molecular formula is C14H18F2O4. The van der Waals surface area contributed by atoms with Crippen molar-refractivity contribution in [1.82, 2.24) is 0 Å². The van der Waals surface area contributed by atoms with Gasteiger partial charge in [-0.05, 0) is 56.3 Å². The highest BCUT2D eigenvalue weighted by Crippen LogP contribution is 2.57. The van der Waals surface area contributed by atoms with Gasteiger partial charge in [0.05, 0.1) is 0 Å². The van der Waals surface area contributed by atoms with Crippen molar-refractivity contribution in [1.29, 1.82) is 0 Å². The monoisotopic (exact) mass is 288 g/mol. The minimum atomic E-state index is -3.21. The lowest BCUT2D eigenvalue weighted by molar-refractivity contribution is -0.193. The summed E-state index contributed by atoms with van der Waals surface area (Å²) in [6, 6.07) is 0. The lowest BCUT2D eigenvalue weighted by atomic mass is 9.54. The van der Waals surface area contributed by atoms with E-state index in [1.54, 1.807) is 0 Å². The van der Waals surface area contributed by atoms with Crippen LogP contribution >= 0.6 is 0 Å². The third-order valence-corrected chi connectivity index (χ3v) is 4.82. The van der Waals surface area contributed by atoms with Crippen LogP contribution in [0.4, 0.5) is 8.78 Å². The Labute approximate surface area is 115 Å². The van der Waals surface area contributed by atoms with Crippen LogP contribution in [0.5, 0.6) is 0 Å². The number of rotatable bonds is 4. The van der Waals surface area contributed by atoms with Gasteiger partial charge in [0.1, 0.15) is 5.60 Å². The summed E-state index contributed by atoms with van der Waals surface area (Å²) < 4.78 is 33.7. The zero-order chi connectivity index (χ0) is 14.3. The normalized spacial score (nSPS) is 38.0. The Hall–Kier alpha value is -1.20. The van der Waals surface area contributed by atoms with Gasteiger partial charge in [0.25, 0.3) is 0 Å². The van der Waals surface area contributed by atoms with Gasteiger partial charge in [0.2, 0.25) is 0 Å². The van der Waals surface area contributed by atoms with Crippen LogP contribution in [0.25, 0.3) is 0 Å². The quantitative estimate of drug-likeness (QED) is 0.745. The average Bonchev–Trinajstić information content (AvgIpc) is 2.33. The number of ether oxygens (including phenoxy) is 2. The molecule has 4 rings (SSSR count). The van der Waals surface area contributed by atoms with Crippen LogP contribution in [-0.4, -0.2) is 30.6 Å². The molecule has 0 spiro atoms. The molecule has 0 aromatic heterocycles. The lowest BCUT2D eigenvalue weighted by Crippen LogP contribution is -2.53. The number of hydrogen-bond donors (Lipinski definition) is 0. The predicted molar refractivity (Wildman–Crippen MR) is 64.0 cm³/mol. The van der Waals surface area contributed by atoms with Crippen LogP contribution in [0.2, 0.25) is 0 Å². The molecule has 0 amide bonds. The number of hydrogen-bond acceptors (Lipinski definition) is 4. The number of carbonyl (C=O) groups is 2. The molecule has 0 heterocycles. The fourth-order valence-corrected chi connectivity index (χ4v) is 4.62. The minimum absolute atomic E-state index is 0.428. The molecule has 4 aliphatic rings. The highest BCUT2D eigenvalue weighted by molar-refractivity contribution is 5.78. The lowest BCUT2D eigenvalue weighted by Gasteiger charge is -2.55. The van der Waals surface area contributed by atoms with Crippen molar-refractivity contribution < 1.29 is 27.8 Å². The molecule has 0 aliphatic heterocycles. The molecule has 0 unspecified atom stereocenters. The molecule has 4 aliphatic carbocycles. The summed E-state index contributed by atoms with van der Waals surface area (Å²) in [6.45, 7) is -0.717. The molecule has 4 bridgehead atoms. The highest BCUT2D eigenvalue weighted by Gasteiger charge is 2.53. The van der Waals surface area contributed by atoms with Crippen LogP contribution in [0.3, 0.4) is 0 Å². The standard InChI is InChI=1S/C14H18F2O4/c15-12(16)13(18)19-7-11(17)20-14-4-8-1-9(5-14)3-10(2-8)6-14/h8-10,12H,1-7H2. The first-order valence-electron chi connectivity index (χ1n) is 7.12. The minimum Gasteiger partial charge on any atom is -0.457 e. The third kappa shape index (κ3) is 2.65. The van der Waals surface area contributed by atoms with Gasteiger partial charge in [-0.2, -0.15) is 8.78 Å². The van der Waals surface area contributed by atoms with E-state index < -0.39 is 30.6 Å². The van der Waals surface area contributed by atoms with E-state index in [2.05, 4.69) is 4.74 Å². The summed E-state index contributed by atoms with van der Waals surface area (Å²) in [5.74, 6) is -0.513. The number of carbonyl (C=O) groups excluding carboxylic acids is 2. The van der Waals surface area contributed by atoms with Crippen molar-refractivity contribution in [2.75, 3.05) is 6.61 Å². The molecule has 6 heteroatoms. The van der Waals surface area contributed by atoms with E-state index in [1.165, 1.54) is 19.3 Å². The smallest absolute Gasteiger partial charge is 0.374 e. The van der Waals surface area contributed by atoms with E-state index >= 15 is 0 Å². The maximum atomic E-state index is 12.0. The van der Waals surface area contributed by atoms with Crippen molar-refractivity contribution in [2.24, 2.45) is 17.8 Å². The van der Waals surface area contributed by atoms with Crippen LogP contribution in [0.15, 0.2) is 0 Å². The summed E-state index contributed by atoms with van der Waals surface area (Å²) in [5.41, 5.74) is -0.428. The molecule has 20 heavy (non-hydrogen) atoms. The molecule has 0 atom stereocenters. The van der Waals surface area contributed by atoms with Gasteiger partial charge in [0, 0.05) is 0 Å². The summed E-state index contributed by atoms with van der Waals surface area (Å²) >= 11 is 0. The molecule has 4 nitrogen and oxygen atoms in total. The zero-order valence-electron chi connectivity index (χ0n) is 11.1. The van der Waals surface area contributed by atoms with Gasteiger partial charge in [-0.25, -0.2) is 9.59 Å².